The van der Waals surface area contributed by atoms with Crippen molar-refractivity contribution in [2.45, 2.75) is 70.3 Å². The highest BCUT2D eigenvalue weighted by molar-refractivity contribution is 5.27. The van der Waals surface area contributed by atoms with E-state index in [0.29, 0.717) is 0 Å². The lowest BCUT2D eigenvalue weighted by Gasteiger charge is -2.26. The minimum absolute atomic E-state index is 0.766. The fourth-order valence-corrected chi connectivity index (χ4v) is 3.40. The highest BCUT2D eigenvalue weighted by Gasteiger charge is 2.30. The summed E-state index contributed by atoms with van der Waals surface area (Å²) in [5.74, 6) is 1.84. The monoisotopic (exact) mass is 271 g/mol. The predicted molar refractivity (Wildman–Crippen MR) is 86.2 cm³/mol. The van der Waals surface area contributed by atoms with Crippen molar-refractivity contribution in [3.63, 3.8) is 0 Å². The number of benzene rings is 1. The zero-order chi connectivity index (χ0) is 13.8. The van der Waals surface area contributed by atoms with E-state index >= 15 is 0 Å². The third-order valence-electron chi connectivity index (χ3n) is 5.12. The largest absolute Gasteiger partial charge is 0.314 e. The molecule has 0 aromatic heterocycles. The Kier molecular flexibility index (Phi) is 4.77. The van der Waals surface area contributed by atoms with Crippen LogP contribution in [0.3, 0.4) is 0 Å². The van der Waals surface area contributed by atoms with Crippen LogP contribution in [-0.2, 0) is 6.42 Å². The molecule has 1 aromatic carbocycles. The van der Waals surface area contributed by atoms with Gasteiger partial charge in [-0.25, -0.2) is 0 Å². The summed E-state index contributed by atoms with van der Waals surface area (Å²) in [6.45, 7) is 3.45. The molecule has 0 amide bonds. The van der Waals surface area contributed by atoms with E-state index in [9.17, 15) is 0 Å². The van der Waals surface area contributed by atoms with Crippen LogP contribution in [0.2, 0.25) is 0 Å². The van der Waals surface area contributed by atoms with Gasteiger partial charge >= 0.3 is 0 Å². The second-order valence-corrected chi connectivity index (χ2v) is 6.81. The Labute approximate surface area is 124 Å². The van der Waals surface area contributed by atoms with Crippen molar-refractivity contribution in [2.24, 2.45) is 5.92 Å². The van der Waals surface area contributed by atoms with Gasteiger partial charge in [0.05, 0.1) is 0 Å². The number of hydrogen-bond donors (Lipinski definition) is 1. The molecule has 0 bridgehead atoms. The summed E-state index contributed by atoms with van der Waals surface area (Å²) in [6.07, 6.45) is 11.0. The lowest BCUT2D eigenvalue weighted by molar-refractivity contribution is 0.418. The standard InChI is InChI=1S/C19H29N/c1-2-13-20-19(17-10-11-17)12-9-15-5-3-8-18(14-15)16-6-4-7-16/h3,5,8,14,16-17,19-20H,2,4,6-7,9-13H2,1H3. The van der Waals surface area contributed by atoms with Crippen LogP contribution in [-0.4, -0.2) is 12.6 Å². The molecule has 0 spiro atoms. The molecular weight excluding hydrogens is 242 g/mol. The molecule has 1 unspecified atom stereocenters. The van der Waals surface area contributed by atoms with Crippen LogP contribution in [0.25, 0.3) is 0 Å². The molecule has 3 rings (SSSR count). The molecule has 0 saturated heterocycles. The van der Waals surface area contributed by atoms with Crippen molar-refractivity contribution in [3.05, 3.63) is 35.4 Å². The Morgan fingerprint density at radius 2 is 2.05 bits per heavy atom. The molecule has 1 atom stereocenters. The minimum atomic E-state index is 0.766. The lowest BCUT2D eigenvalue weighted by Crippen LogP contribution is -2.32. The van der Waals surface area contributed by atoms with Crippen molar-refractivity contribution in [1.29, 1.82) is 0 Å². The number of aryl methyl sites for hydroxylation is 1. The molecule has 1 heteroatoms. The maximum Gasteiger partial charge on any atom is 0.00984 e. The van der Waals surface area contributed by atoms with Gasteiger partial charge in [0.15, 0.2) is 0 Å². The molecule has 20 heavy (non-hydrogen) atoms. The first-order valence-electron chi connectivity index (χ1n) is 8.69. The summed E-state index contributed by atoms with van der Waals surface area (Å²) >= 11 is 0. The molecule has 2 aliphatic carbocycles. The third kappa shape index (κ3) is 3.63. The molecule has 1 N–H and O–H groups in total. The summed E-state index contributed by atoms with van der Waals surface area (Å²) < 4.78 is 0. The van der Waals surface area contributed by atoms with Gasteiger partial charge in [0.25, 0.3) is 0 Å². The second kappa shape index (κ2) is 6.76. The zero-order valence-corrected chi connectivity index (χ0v) is 12.9. The highest BCUT2D eigenvalue weighted by Crippen LogP contribution is 2.37. The van der Waals surface area contributed by atoms with E-state index in [-0.39, 0.29) is 0 Å². The first kappa shape index (κ1) is 14.1. The van der Waals surface area contributed by atoms with E-state index in [4.69, 9.17) is 0 Å². The van der Waals surface area contributed by atoms with Gasteiger partial charge in [-0.15, -0.1) is 0 Å². The van der Waals surface area contributed by atoms with Gasteiger partial charge in [0, 0.05) is 6.04 Å². The third-order valence-corrected chi connectivity index (χ3v) is 5.12. The average Bonchev–Trinajstić information content (AvgIpc) is 3.22. The van der Waals surface area contributed by atoms with Gasteiger partial charge < -0.3 is 5.32 Å². The molecule has 2 fully saturated rings. The van der Waals surface area contributed by atoms with E-state index in [1.165, 1.54) is 57.9 Å². The van der Waals surface area contributed by atoms with E-state index in [0.717, 1.165) is 17.9 Å². The van der Waals surface area contributed by atoms with Crippen molar-refractivity contribution in [3.8, 4) is 0 Å². The first-order valence-corrected chi connectivity index (χ1v) is 8.69. The van der Waals surface area contributed by atoms with Crippen molar-refractivity contribution in [2.75, 3.05) is 6.54 Å². The van der Waals surface area contributed by atoms with Gasteiger partial charge in [0.1, 0.15) is 0 Å². The molecule has 1 aromatic rings. The Morgan fingerprint density at radius 3 is 2.70 bits per heavy atom. The molecule has 110 valence electrons. The van der Waals surface area contributed by atoms with Crippen molar-refractivity contribution in [1.82, 2.24) is 5.32 Å². The SMILES string of the molecule is CCCNC(CCc1cccc(C2CCC2)c1)C1CC1. The maximum absolute atomic E-state index is 3.76. The fraction of sp³-hybridized carbons (Fsp3) is 0.684. The van der Waals surface area contributed by atoms with Crippen LogP contribution >= 0.6 is 0 Å². The summed E-state index contributed by atoms with van der Waals surface area (Å²) in [5, 5.41) is 3.76. The molecule has 0 aliphatic heterocycles. The van der Waals surface area contributed by atoms with Gasteiger partial charge in [-0.3, -0.25) is 0 Å². The fourth-order valence-electron chi connectivity index (χ4n) is 3.40. The number of rotatable bonds is 8. The molecule has 1 nitrogen and oxygen atoms in total. The summed E-state index contributed by atoms with van der Waals surface area (Å²) in [4.78, 5) is 0. The Balaban J connectivity index is 1.53. The van der Waals surface area contributed by atoms with E-state index in [1.54, 1.807) is 11.1 Å². The second-order valence-electron chi connectivity index (χ2n) is 6.81. The number of hydrogen-bond acceptors (Lipinski definition) is 1. The average molecular weight is 271 g/mol. The van der Waals surface area contributed by atoms with Crippen LogP contribution in [0.15, 0.2) is 24.3 Å². The molecule has 2 saturated carbocycles. The zero-order valence-electron chi connectivity index (χ0n) is 12.9. The van der Waals surface area contributed by atoms with Gasteiger partial charge in [0.2, 0.25) is 0 Å². The maximum atomic E-state index is 3.76. The summed E-state index contributed by atoms with van der Waals surface area (Å²) in [5.41, 5.74) is 3.15. The Hall–Kier alpha value is -0.820. The van der Waals surface area contributed by atoms with Gasteiger partial charge in [-0.1, -0.05) is 37.6 Å². The minimum Gasteiger partial charge on any atom is -0.314 e. The van der Waals surface area contributed by atoms with Gasteiger partial charge in [-0.05, 0) is 74.5 Å². The van der Waals surface area contributed by atoms with Crippen LogP contribution in [0, 0.1) is 5.92 Å². The Bertz CT molecular complexity index is 418. The summed E-state index contributed by atoms with van der Waals surface area (Å²) in [7, 11) is 0. The van der Waals surface area contributed by atoms with E-state index < -0.39 is 0 Å². The normalized spacial score (nSPS) is 20.6. The molecule has 0 heterocycles. The molecule has 2 aliphatic rings. The van der Waals surface area contributed by atoms with E-state index in [1.807, 2.05) is 0 Å². The van der Waals surface area contributed by atoms with E-state index in [2.05, 4.69) is 36.5 Å². The highest BCUT2D eigenvalue weighted by atomic mass is 14.9. The number of nitrogens with one attached hydrogen (secondary N) is 1. The van der Waals surface area contributed by atoms with Crippen LogP contribution < -0.4 is 5.32 Å². The Morgan fingerprint density at radius 1 is 1.20 bits per heavy atom. The molecule has 0 radical (unpaired) electrons. The molecular formula is C19H29N. The quantitative estimate of drug-likeness (QED) is 0.725. The van der Waals surface area contributed by atoms with Gasteiger partial charge in [-0.2, -0.15) is 0 Å². The predicted octanol–water partition coefficient (Wildman–Crippen LogP) is 4.66. The smallest absolute Gasteiger partial charge is 0.00984 e. The van der Waals surface area contributed by atoms with Crippen LogP contribution in [0.4, 0.5) is 0 Å². The van der Waals surface area contributed by atoms with Crippen LogP contribution in [0.1, 0.15) is 68.9 Å². The first-order chi connectivity index (χ1) is 9.86. The van der Waals surface area contributed by atoms with Crippen molar-refractivity contribution >= 4 is 0 Å². The van der Waals surface area contributed by atoms with Crippen molar-refractivity contribution < 1.29 is 0 Å². The topological polar surface area (TPSA) is 12.0 Å². The summed E-state index contributed by atoms with van der Waals surface area (Å²) in [6, 6.07) is 10.2. The lowest BCUT2D eigenvalue weighted by atomic mass is 9.79. The van der Waals surface area contributed by atoms with Crippen LogP contribution in [0.5, 0.6) is 0 Å².